The Balaban J connectivity index is 3.68. The van der Waals surface area contributed by atoms with Crippen molar-refractivity contribution in [2.75, 3.05) is 5.33 Å². The summed E-state index contributed by atoms with van der Waals surface area (Å²) in [6.45, 7) is 1.41. The molecule has 0 atom stereocenters. The van der Waals surface area contributed by atoms with E-state index in [2.05, 4.69) is 15.9 Å². The van der Waals surface area contributed by atoms with Gasteiger partial charge in [0.15, 0.2) is 5.78 Å². The maximum Gasteiger partial charge on any atom is 0.418 e. The Morgan fingerprint density at radius 2 is 2.06 bits per heavy atom. The molecule has 0 N–H and O–H groups in total. The van der Waals surface area contributed by atoms with Crippen molar-refractivity contribution in [2.45, 2.75) is 13.1 Å². The number of carbonyl (C=O) groups is 1. The summed E-state index contributed by atoms with van der Waals surface area (Å²) in [5.41, 5.74) is -1.91. The zero-order valence-electron chi connectivity index (χ0n) is 8.73. The molecule has 1 rings (SSSR count). The van der Waals surface area contributed by atoms with Crippen molar-refractivity contribution in [3.05, 3.63) is 34.4 Å². The lowest BCUT2D eigenvalue weighted by molar-refractivity contribution is -0.138. The summed E-state index contributed by atoms with van der Waals surface area (Å²) >= 11 is 2.83. The third-order valence-electron chi connectivity index (χ3n) is 2.22. The van der Waals surface area contributed by atoms with Crippen LogP contribution in [-0.4, -0.2) is 11.1 Å². The van der Waals surface area contributed by atoms with Crippen molar-refractivity contribution >= 4 is 21.7 Å². The van der Waals surface area contributed by atoms with E-state index in [4.69, 9.17) is 5.26 Å². The highest BCUT2D eigenvalue weighted by molar-refractivity contribution is 9.09. The second-order valence-corrected chi connectivity index (χ2v) is 3.91. The van der Waals surface area contributed by atoms with Crippen molar-refractivity contribution in [3.8, 4) is 6.07 Å². The molecule has 0 fully saturated rings. The first-order chi connectivity index (χ1) is 7.82. The molecule has 0 aliphatic rings. The Morgan fingerprint density at radius 3 is 2.47 bits per heavy atom. The first-order valence-electron chi connectivity index (χ1n) is 4.53. The maximum atomic E-state index is 12.9. The van der Waals surface area contributed by atoms with Gasteiger partial charge in [0.05, 0.1) is 22.5 Å². The monoisotopic (exact) mass is 305 g/mol. The van der Waals surface area contributed by atoms with Crippen LogP contribution in [-0.2, 0) is 6.18 Å². The SMILES string of the molecule is Cc1ccc(C#N)c(C(F)(F)F)c1C(=O)CBr. The number of nitrogens with zero attached hydrogens (tertiary/aromatic N) is 1. The lowest BCUT2D eigenvalue weighted by Crippen LogP contribution is -2.17. The quantitative estimate of drug-likeness (QED) is 0.620. The minimum Gasteiger partial charge on any atom is -0.293 e. The second-order valence-electron chi connectivity index (χ2n) is 3.35. The number of carbonyl (C=O) groups excluding carboxylic acids is 1. The van der Waals surface area contributed by atoms with Crippen LogP contribution in [0.2, 0.25) is 0 Å². The molecule has 2 nitrogen and oxygen atoms in total. The van der Waals surface area contributed by atoms with Crippen molar-refractivity contribution < 1.29 is 18.0 Å². The van der Waals surface area contributed by atoms with E-state index >= 15 is 0 Å². The lowest BCUT2D eigenvalue weighted by atomic mass is 9.94. The molecule has 1 aromatic rings. The number of halogens is 4. The van der Waals surface area contributed by atoms with Crippen molar-refractivity contribution in [1.29, 1.82) is 5.26 Å². The molecule has 6 heteroatoms. The van der Waals surface area contributed by atoms with Gasteiger partial charge in [-0.1, -0.05) is 22.0 Å². The van der Waals surface area contributed by atoms with E-state index in [0.29, 0.717) is 0 Å². The fourth-order valence-electron chi connectivity index (χ4n) is 1.52. The van der Waals surface area contributed by atoms with Crippen LogP contribution < -0.4 is 0 Å². The number of benzene rings is 1. The Bertz CT molecular complexity index is 503. The molecule has 1 aromatic carbocycles. The number of aryl methyl sites for hydroxylation is 1. The van der Waals surface area contributed by atoms with Gasteiger partial charge in [-0.25, -0.2) is 0 Å². The molecule has 0 radical (unpaired) electrons. The molecule has 0 aliphatic carbocycles. The predicted octanol–water partition coefficient (Wildman–Crippen LogP) is 3.46. The molecule has 0 saturated carbocycles. The highest BCUT2D eigenvalue weighted by Crippen LogP contribution is 2.36. The standard InChI is InChI=1S/C11H7BrF3NO/c1-6-2-3-7(5-16)10(11(13,14)15)9(6)8(17)4-12/h2-3H,4H2,1H3. The Hall–Kier alpha value is -1.35. The average Bonchev–Trinajstić information content (AvgIpc) is 2.26. The number of nitriles is 1. The molecule has 0 aromatic heterocycles. The van der Waals surface area contributed by atoms with E-state index in [1.807, 2.05) is 0 Å². The Morgan fingerprint density at radius 1 is 1.47 bits per heavy atom. The van der Waals surface area contributed by atoms with Crippen LogP contribution in [0.25, 0.3) is 0 Å². The van der Waals surface area contributed by atoms with E-state index in [-0.39, 0.29) is 10.9 Å². The largest absolute Gasteiger partial charge is 0.418 e. The van der Waals surface area contributed by atoms with Crippen LogP contribution in [0.4, 0.5) is 13.2 Å². The molecular formula is C11H7BrF3NO. The van der Waals surface area contributed by atoms with Crippen LogP contribution in [0.3, 0.4) is 0 Å². The van der Waals surface area contributed by atoms with Gasteiger partial charge >= 0.3 is 6.18 Å². The number of hydrogen-bond acceptors (Lipinski definition) is 2. The molecule has 0 heterocycles. The van der Waals surface area contributed by atoms with Gasteiger partial charge in [-0.05, 0) is 18.6 Å². The Labute approximate surface area is 104 Å². The third-order valence-corrected chi connectivity index (χ3v) is 2.73. The second kappa shape index (κ2) is 4.88. The van der Waals surface area contributed by atoms with Crippen LogP contribution in [0.5, 0.6) is 0 Å². The van der Waals surface area contributed by atoms with Crippen LogP contribution >= 0.6 is 15.9 Å². The Kier molecular flexibility index (Phi) is 3.94. The van der Waals surface area contributed by atoms with Gasteiger partial charge in [-0.3, -0.25) is 4.79 Å². The van der Waals surface area contributed by atoms with Gasteiger partial charge in [0.1, 0.15) is 0 Å². The highest BCUT2D eigenvalue weighted by atomic mass is 79.9. The number of Topliss-reactive ketones (excluding diaryl/α,β-unsaturated/α-hetero) is 1. The van der Waals surface area contributed by atoms with E-state index < -0.39 is 28.6 Å². The lowest BCUT2D eigenvalue weighted by Gasteiger charge is -2.15. The average molecular weight is 306 g/mol. The topological polar surface area (TPSA) is 40.9 Å². The minimum absolute atomic E-state index is 0.209. The maximum absolute atomic E-state index is 12.9. The number of ketones is 1. The van der Waals surface area contributed by atoms with E-state index in [0.717, 1.165) is 6.07 Å². The first-order valence-corrected chi connectivity index (χ1v) is 5.65. The minimum atomic E-state index is -4.72. The van der Waals surface area contributed by atoms with E-state index in [1.165, 1.54) is 19.1 Å². The van der Waals surface area contributed by atoms with Crippen LogP contribution in [0, 0.1) is 18.3 Å². The number of hydrogen-bond donors (Lipinski definition) is 0. The summed E-state index contributed by atoms with van der Waals surface area (Å²) in [4.78, 5) is 11.5. The number of rotatable bonds is 2. The number of alkyl halides is 4. The zero-order valence-corrected chi connectivity index (χ0v) is 10.3. The summed E-state index contributed by atoms with van der Waals surface area (Å²) in [5.74, 6) is -0.688. The molecule has 90 valence electrons. The molecule has 0 amide bonds. The summed E-state index contributed by atoms with van der Waals surface area (Å²) in [7, 11) is 0. The summed E-state index contributed by atoms with van der Waals surface area (Å²) in [5, 5.41) is 8.46. The van der Waals surface area contributed by atoms with Gasteiger partial charge in [-0.2, -0.15) is 18.4 Å². The molecule has 0 aliphatic heterocycles. The molecule has 17 heavy (non-hydrogen) atoms. The van der Waals surface area contributed by atoms with E-state index in [9.17, 15) is 18.0 Å². The van der Waals surface area contributed by atoms with Crippen LogP contribution in [0.15, 0.2) is 12.1 Å². The summed E-state index contributed by atoms with van der Waals surface area (Å²) < 4.78 is 38.6. The normalized spacial score (nSPS) is 11.1. The highest BCUT2D eigenvalue weighted by Gasteiger charge is 2.38. The van der Waals surface area contributed by atoms with Crippen molar-refractivity contribution in [1.82, 2.24) is 0 Å². The van der Waals surface area contributed by atoms with Crippen molar-refractivity contribution in [3.63, 3.8) is 0 Å². The van der Waals surface area contributed by atoms with Crippen molar-refractivity contribution in [2.24, 2.45) is 0 Å². The molecule has 0 saturated heterocycles. The first kappa shape index (κ1) is 13.7. The van der Waals surface area contributed by atoms with E-state index in [1.54, 1.807) is 0 Å². The predicted molar refractivity (Wildman–Crippen MR) is 59.0 cm³/mol. The van der Waals surface area contributed by atoms with Gasteiger partial charge in [0, 0.05) is 5.56 Å². The van der Waals surface area contributed by atoms with Gasteiger partial charge in [0.25, 0.3) is 0 Å². The summed E-state index contributed by atoms with van der Waals surface area (Å²) in [6.07, 6.45) is -4.72. The smallest absolute Gasteiger partial charge is 0.293 e. The molecular weight excluding hydrogens is 299 g/mol. The fourth-order valence-corrected chi connectivity index (χ4v) is 1.80. The van der Waals surface area contributed by atoms with Gasteiger partial charge in [0.2, 0.25) is 0 Å². The fraction of sp³-hybridized carbons (Fsp3) is 0.273. The third kappa shape index (κ3) is 2.67. The zero-order chi connectivity index (χ0) is 13.2. The molecule has 0 spiro atoms. The summed E-state index contributed by atoms with van der Waals surface area (Å²) in [6, 6.07) is 3.87. The van der Waals surface area contributed by atoms with Gasteiger partial charge < -0.3 is 0 Å². The molecule has 0 unspecified atom stereocenters. The molecule has 0 bridgehead atoms. The van der Waals surface area contributed by atoms with Gasteiger partial charge in [-0.15, -0.1) is 0 Å². The van der Waals surface area contributed by atoms with Crippen LogP contribution in [0.1, 0.15) is 27.0 Å².